The van der Waals surface area contributed by atoms with Crippen molar-refractivity contribution in [2.45, 2.75) is 45.6 Å². The summed E-state index contributed by atoms with van der Waals surface area (Å²) >= 11 is 0. The van der Waals surface area contributed by atoms with Crippen LogP contribution in [0.3, 0.4) is 0 Å². The lowest BCUT2D eigenvalue weighted by Gasteiger charge is -2.15. The molecule has 0 aliphatic rings. The van der Waals surface area contributed by atoms with E-state index in [1.807, 2.05) is 12.1 Å². The number of nitrogens with one attached hydrogen (secondary N) is 1. The standard InChI is InChI=1S/C15H22N4O/c1-3-5-13(17-8-4-2)11-14-18-15(19-20-14)12-6-9-16-10-7-12/h6-7,9-10,13,17H,3-5,8,11H2,1-2H3. The minimum atomic E-state index is 0.408. The van der Waals surface area contributed by atoms with E-state index in [1.54, 1.807) is 12.4 Å². The molecule has 0 spiro atoms. The van der Waals surface area contributed by atoms with Crippen molar-refractivity contribution in [3.8, 4) is 11.4 Å². The molecule has 108 valence electrons. The second-order valence-electron chi connectivity index (χ2n) is 4.89. The predicted octanol–water partition coefficient (Wildman–Crippen LogP) is 2.84. The molecule has 0 radical (unpaired) electrons. The van der Waals surface area contributed by atoms with Gasteiger partial charge in [0.25, 0.3) is 0 Å². The summed E-state index contributed by atoms with van der Waals surface area (Å²) in [5.41, 5.74) is 0.934. The molecule has 20 heavy (non-hydrogen) atoms. The maximum absolute atomic E-state index is 5.35. The first kappa shape index (κ1) is 14.7. The molecule has 0 aliphatic carbocycles. The molecule has 5 heteroatoms. The summed E-state index contributed by atoms with van der Waals surface area (Å²) in [6.45, 7) is 5.39. The number of hydrogen-bond donors (Lipinski definition) is 1. The Bertz CT molecular complexity index is 498. The second-order valence-corrected chi connectivity index (χ2v) is 4.89. The van der Waals surface area contributed by atoms with Crippen LogP contribution < -0.4 is 5.32 Å². The molecule has 0 bridgehead atoms. The van der Waals surface area contributed by atoms with Crippen LogP contribution in [0.4, 0.5) is 0 Å². The van der Waals surface area contributed by atoms with Crippen molar-refractivity contribution in [3.63, 3.8) is 0 Å². The van der Waals surface area contributed by atoms with Crippen molar-refractivity contribution >= 4 is 0 Å². The largest absolute Gasteiger partial charge is 0.339 e. The van der Waals surface area contributed by atoms with E-state index in [2.05, 4.69) is 34.3 Å². The highest BCUT2D eigenvalue weighted by Crippen LogP contribution is 2.15. The van der Waals surface area contributed by atoms with Gasteiger partial charge in [0.05, 0.1) is 0 Å². The van der Waals surface area contributed by atoms with Crippen molar-refractivity contribution < 1.29 is 4.52 Å². The Balaban J connectivity index is 2.00. The average molecular weight is 274 g/mol. The molecule has 0 saturated heterocycles. The molecular formula is C15H22N4O. The van der Waals surface area contributed by atoms with Gasteiger partial charge in [0.2, 0.25) is 11.7 Å². The summed E-state index contributed by atoms with van der Waals surface area (Å²) in [5.74, 6) is 1.33. The highest BCUT2D eigenvalue weighted by molar-refractivity contribution is 5.52. The Morgan fingerprint density at radius 3 is 2.70 bits per heavy atom. The van der Waals surface area contributed by atoms with E-state index in [0.717, 1.165) is 37.8 Å². The third-order valence-corrected chi connectivity index (χ3v) is 3.15. The molecule has 0 saturated carbocycles. The van der Waals surface area contributed by atoms with Crippen LogP contribution in [0.2, 0.25) is 0 Å². The molecule has 1 unspecified atom stereocenters. The predicted molar refractivity (Wildman–Crippen MR) is 78.2 cm³/mol. The maximum Gasteiger partial charge on any atom is 0.228 e. The molecule has 1 atom stereocenters. The quantitative estimate of drug-likeness (QED) is 0.802. The lowest BCUT2D eigenvalue weighted by atomic mass is 10.1. The third-order valence-electron chi connectivity index (χ3n) is 3.15. The summed E-state index contributed by atoms with van der Waals surface area (Å²) in [6, 6.07) is 4.17. The first-order valence-corrected chi connectivity index (χ1v) is 7.29. The van der Waals surface area contributed by atoms with E-state index >= 15 is 0 Å². The maximum atomic E-state index is 5.35. The molecule has 0 aliphatic heterocycles. The summed E-state index contributed by atoms with van der Waals surface area (Å²) in [6.07, 6.45) is 7.64. The van der Waals surface area contributed by atoms with Crippen LogP contribution >= 0.6 is 0 Å². The highest BCUT2D eigenvalue weighted by Gasteiger charge is 2.14. The van der Waals surface area contributed by atoms with Crippen LogP contribution in [0.1, 0.15) is 39.0 Å². The Hall–Kier alpha value is -1.75. The monoisotopic (exact) mass is 274 g/mol. The van der Waals surface area contributed by atoms with Gasteiger partial charge in [0.15, 0.2) is 0 Å². The zero-order valence-electron chi connectivity index (χ0n) is 12.2. The van der Waals surface area contributed by atoms with Gasteiger partial charge in [-0.2, -0.15) is 4.98 Å². The van der Waals surface area contributed by atoms with Crippen molar-refractivity contribution in [3.05, 3.63) is 30.4 Å². The van der Waals surface area contributed by atoms with E-state index in [4.69, 9.17) is 4.52 Å². The zero-order chi connectivity index (χ0) is 14.2. The highest BCUT2D eigenvalue weighted by atomic mass is 16.5. The van der Waals surface area contributed by atoms with Gasteiger partial charge in [-0.3, -0.25) is 4.98 Å². The Labute approximate surface area is 119 Å². The average Bonchev–Trinajstić information content (AvgIpc) is 2.94. The molecule has 2 rings (SSSR count). The fourth-order valence-electron chi connectivity index (χ4n) is 2.14. The Morgan fingerprint density at radius 2 is 2.00 bits per heavy atom. The first-order valence-electron chi connectivity index (χ1n) is 7.29. The lowest BCUT2D eigenvalue weighted by Crippen LogP contribution is -2.31. The van der Waals surface area contributed by atoms with E-state index in [0.29, 0.717) is 17.8 Å². The van der Waals surface area contributed by atoms with Gasteiger partial charge < -0.3 is 9.84 Å². The van der Waals surface area contributed by atoms with Gasteiger partial charge in [-0.05, 0) is 31.5 Å². The Morgan fingerprint density at radius 1 is 1.20 bits per heavy atom. The molecule has 0 aromatic carbocycles. The number of aromatic nitrogens is 3. The van der Waals surface area contributed by atoms with Gasteiger partial charge in [-0.25, -0.2) is 0 Å². The zero-order valence-corrected chi connectivity index (χ0v) is 12.2. The normalized spacial score (nSPS) is 12.5. The topological polar surface area (TPSA) is 63.8 Å². The molecular weight excluding hydrogens is 252 g/mol. The molecule has 5 nitrogen and oxygen atoms in total. The number of hydrogen-bond acceptors (Lipinski definition) is 5. The summed E-state index contributed by atoms with van der Waals surface area (Å²) in [7, 11) is 0. The van der Waals surface area contributed by atoms with E-state index in [9.17, 15) is 0 Å². The van der Waals surface area contributed by atoms with Crippen LogP contribution in [0.15, 0.2) is 29.0 Å². The van der Waals surface area contributed by atoms with Crippen LogP contribution in [0.25, 0.3) is 11.4 Å². The van der Waals surface area contributed by atoms with Crippen LogP contribution in [0.5, 0.6) is 0 Å². The van der Waals surface area contributed by atoms with Crippen molar-refractivity contribution in [1.82, 2.24) is 20.4 Å². The number of nitrogens with zero attached hydrogens (tertiary/aromatic N) is 3. The SMILES string of the molecule is CCCNC(CCC)Cc1nc(-c2ccncc2)no1. The van der Waals surface area contributed by atoms with Crippen molar-refractivity contribution in [2.24, 2.45) is 0 Å². The number of rotatable bonds is 8. The van der Waals surface area contributed by atoms with Gasteiger partial charge in [0, 0.05) is 30.4 Å². The van der Waals surface area contributed by atoms with Crippen LogP contribution in [-0.2, 0) is 6.42 Å². The number of pyridine rings is 1. The fraction of sp³-hybridized carbons (Fsp3) is 0.533. The molecule has 2 aromatic rings. The fourth-order valence-corrected chi connectivity index (χ4v) is 2.14. The molecule has 1 N–H and O–H groups in total. The van der Waals surface area contributed by atoms with E-state index in [-0.39, 0.29) is 0 Å². The van der Waals surface area contributed by atoms with Crippen LogP contribution in [0, 0.1) is 0 Å². The molecule has 0 fully saturated rings. The van der Waals surface area contributed by atoms with Gasteiger partial charge in [-0.15, -0.1) is 0 Å². The molecule has 0 amide bonds. The Kier molecular flexibility index (Phi) is 5.68. The second kappa shape index (κ2) is 7.75. The molecule has 2 aromatic heterocycles. The van der Waals surface area contributed by atoms with E-state index in [1.165, 1.54) is 0 Å². The minimum Gasteiger partial charge on any atom is -0.339 e. The van der Waals surface area contributed by atoms with Crippen molar-refractivity contribution in [2.75, 3.05) is 6.54 Å². The van der Waals surface area contributed by atoms with Gasteiger partial charge >= 0.3 is 0 Å². The van der Waals surface area contributed by atoms with Crippen molar-refractivity contribution in [1.29, 1.82) is 0 Å². The van der Waals surface area contributed by atoms with Crippen LogP contribution in [-0.4, -0.2) is 27.7 Å². The molecule has 2 heterocycles. The summed E-state index contributed by atoms with van der Waals surface area (Å²) < 4.78 is 5.35. The third kappa shape index (κ3) is 4.13. The summed E-state index contributed by atoms with van der Waals surface area (Å²) in [5, 5.41) is 7.57. The summed E-state index contributed by atoms with van der Waals surface area (Å²) in [4.78, 5) is 8.45. The van der Waals surface area contributed by atoms with Gasteiger partial charge in [-0.1, -0.05) is 25.4 Å². The van der Waals surface area contributed by atoms with Gasteiger partial charge in [0.1, 0.15) is 0 Å². The smallest absolute Gasteiger partial charge is 0.228 e. The van der Waals surface area contributed by atoms with E-state index < -0.39 is 0 Å². The first-order chi connectivity index (χ1) is 9.83. The minimum absolute atomic E-state index is 0.408. The lowest BCUT2D eigenvalue weighted by molar-refractivity contribution is 0.350.